The molecule has 0 spiro atoms. The summed E-state index contributed by atoms with van der Waals surface area (Å²) in [6.07, 6.45) is 1.17. The number of ether oxygens (including phenoxy) is 1. The average Bonchev–Trinajstić information content (AvgIpc) is 2.56. The normalized spacial score (nSPS) is 24.6. The van der Waals surface area contributed by atoms with Gasteiger partial charge in [0, 0.05) is 19.5 Å². The maximum absolute atomic E-state index is 11.5. The number of rotatable bonds is 2. The van der Waals surface area contributed by atoms with Crippen molar-refractivity contribution in [3.05, 3.63) is 11.3 Å². The van der Waals surface area contributed by atoms with Crippen molar-refractivity contribution < 1.29 is 9.53 Å². The molecule has 17 heavy (non-hydrogen) atoms. The summed E-state index contributed by atoms with van der Waals surface area (Å²) in [5.74, 6) is 0.687. The lowest BCUT2D eigenvalue weighted by atomic mass is 9.93. The predicted molar refractivity (Wildman–Crippen MR) is 62.6 cm³/mol. The molecular formula is C11H18N4O2. The lowest BCUT2D eigenvalue weighted by molar-refractivity contribution is -0.123. The van der Waals surface area contributed by atoms with E-state index in [0.29, 0.717) is 18.7 Å². The summed E-state index contributed by atoms with van der Waals surface area (Å²) in [6.45, 7) is 1.89. The Hall–Kier alpha value is -1.56. The maximum Gasteiger partial charge on any atom is 0.220 e. The van der Waals surface area contributed by atoms with Crippen LogP contribution in [0.1, 0.15) is 30.1 Å². The van der Waals surface area contributed by atoms with Crippen LogP contribution in [0.4, 0.5) is 0 Å². The highest BCUT2D eigenvalue weighted by Gasteiger charge is 2.32. The molecule has 1 aliphatic rings. The second-order valence-corrected chi connectivity index (χ2v) is 4.38. The smallest absolute Gasteiger partial charge is 0.220 e. The van der Waals surface area contributed by atoms with E-state index in [1.807, 2.05) is 14.0 Å². The highest BCUT2D eigenvalue weighted by molar-refractivity contribution is 5.77. The first-order valence-corrected chi connectivity index (χ1v) is 5.67. The zero-order valence-corrected chi connectivity index (χ0v) is 10.4. The summed E-state index contributed by atoms with van der Waals surface area (Å²) in [6, 6.07) is -0.301. The van der Waals surface area contributed by atoms with Gasteiger partial charge in [0.15, 0.2) is 0 Å². The van der Waals surface area contributed by atoms with Gasteiger partial charge in [-0.05, 0) is 13.3 Å². The van der Waals surface area contributed by atoms with Gasteiger partial charge in [0.05, 0.1) is 24.4 Å². The van der Waals surface area contributed by atoms with E-state index in [1.54, 1.807) is 11.8 Å². The molecule has 2 atom stereocenters. The van der Waals surface area contributed by atoms with Gasteiger partial charge in [0.2, 0.25) is 11.8 Å². The zero-order chi connectivity index (χ0) is 12.6. The van der Waals surface area contributed by atoms with Gasteiger partial charge in [-0.2, -0.15) is 5.10 Å². The fourth-order valence-electron chi connectivity index (χ4n) is 2.36. The number of amides is 1. The fraction of sp³-hybridized carbons (Fsp3) is 0.636. The van der Waals surface area contributed by atoms with Crippen molar-refractivity contribution in [3.63, 3.8) is 0 Å². The van der Waals surface area contributed by atoms with Crippen molar-refractivity contribution in [2.75, 3.05) is 7.11 Å². The van der Waals surface area contributed by atoms with Gasteiger partial charge in [0.1, 0.15) is 0 Å². The van der Waals surface area contributed by atoms with E-state index in [1.165, 1.54) is 0 Å². The third-order valence-electron chi connectivity index (χ3n) is 3.17. The standard InChI is InChI=1S/C11H18N4O2/c1-6-9(11(17-3)15(2)14-6)10-7(12)4-5-8(16)13-10/h7,10H,4-5,12H2,1-3H3,(H,13,16). The molecule has 1 saturated heterocycles. The van der Waals surface area contributed by atoms with E-state index in [4.69, 9.17) is 10.5 Å². The fourth-order valence-corrected chi connectivity index (χ4v) is 2.36. The molecule has 94 valence electrons. The minimum absolute atomic E-state index is 0.0296. The lowest BCUT2D eigenvalue weighted by Gasteiger charge is -2.29. The monoisotopic (exact) mass is 238 g/mol. The number of aryl methyl sites for hydroxylation is 2. The summed E-state index contributed by atoms with van der Waals surface area (Å²) in [4.78, 5) is 11.5. The molecule has 6 nitrogen and oxygen atoms in total. The Morgan fingerprint density at radius 1 is 1.59 bits per heavy atom. The first kappa shape index (κ1) is 11.9. The second-order valence-electron chi connectivity index (χ2n) is 4.38. The van der Waals surface area contributed by atoms with Gasteiger partial charge in [-0.1, -0.05) is 0 Å². The van der Waals surface area contributed by atoms with E-state index in [2.05, 4.69) is 10.4 Å². The minimum atomic E-state index is -0.208. The predicted octanol–water partition coefficient (Wildman–Crippen LogP) is 0.0155. The average molecular weight is 238 g/mol. The van der Waals surface area contributed by atoms with Crippen molar-refractivity contribution in [2.45, 2.75) is 31.8 Å². The van der Waals surface area contributed by atoms with Crippen LogP contribution in [0.2, 0.25) is 0 Å². The number of hydrogen-bond donors (Lipinski definition) is 2. The van der Waals surface area contributed by atoms with Crippen molar-refractivity contribution in [2.24, 2.45) is 12.8 Å². The van der Waals surface area contributed by atoms with Gasteiger partial charge in [-0.25, -0.2) is 4.68 Å². The molecule has 0 aliphatic carbocycles. The Labute approximate surface area is 100 Å². The molecule has 2 heterocycles. The Morgan fingerprint density at radius 3 is 2.94 bits per heavy atom. The molecule has 1 aliphatic heterocycles. The molecule has 1 amide bonds. The second kappa shape index (κ2) is 4.37. The Kier molecular flexibility index (Phi) is 3.06. The van der Waals surface area contributed by atoms with Crippen LogP contribution in [0.3, 0.4) is 0 Å². The summed E-state index contributed by atoms with van der Waals surface area (Å²) < 4.78 is 6.99. The van der Waals surface area contributed by atoms with Gasteiger partial charge < -0.3 is 15.8 Å². The first-order chi connectivity index (χ1) is 8.04. The lowest BCUT2D eigenvalue weighted by Crippen LogP contribution is -2.46. The number of aromatic nitrogens is 2. The van der Waals surface area contributed by atoms with Gasteiger partial charge in [0.25, 0.3) is 0 Å². The molecule has 0 bridgehead atoms. The summed E-state index contributed by atoms with van der Waals surface area (Å²) >= 11 is 0. The van der Waals surface area contributed by atoms with Crippen LogP contribution < -0.4 is 15.8 Å². The maximum atomic E-state index is 11.5. The highest BCUT2D eigenvalue weighted by atomic mass is 16.5. The largest absolute Gasteiger partial charge is 0.481 e. The highest BCUT2D eigenvalue weighted by Crippen LogP contribution is 2.32. The van der Waals surface area contributed by atoms with E-state index in [0.717, 1.165) is 11.3 Å². The van der Waals surface area contributed by atoms with Crippen LogP contribution in [0.5, 0.6) is 5.88 Å². The van der Waals surface area contributed by atoms with E-state index in [9.17, 15) is 4.79 Å². The Bertz CT molecular complexity index is 441. The molecule has 6 heteroatoms. The number of nitrogens with zero attached hydrogens (tertiary/aromatic N) is 2. The van der Waals surface area contributed by atoms with Crippen LogP contribution in [-0.2, 0) is 11.8 Å². The van der Waals surface area contributed by atoms with Crippen LogP contribution in [0.15, 0.2) is 0 Å². The van der Waals surface area contributed by atoms with Crippen molar-refractivity contribution in [3.8, 4) is 5.88 Å². The van der Waals surface area contributed by atoms with Crippen LogP contribution >= 0.6 is 0 Å². The van der Waals surface area contributed by atoms with E-state index in [-0.39, 0.29) is 18.0 Å². The van der Waals surface area contributed by atoms with E-state index < -0.39 is 0 Å². The Morgan fingerprint density at radius 2 is 2.29 bits per heavy atom. The quantitative estimate of drug-likeness (QED) is 0.760. The Balaban J connectivity index is 2.41. The molecular weight excluding hydrogens is 220 g/mol. The van der Waals surface area contributed by atoms with Crippen LogP contribution in [0.25, 0.3) is 0 Å². The number of carbonyl (C=O) groups is 1. The molecule has 0 aromatic carbocycles. The molecule has 1 fully saturated rings. The number of methoxy groups -OCH3 is 1. The van der Waals surface area contributed by atoms with Gasteiger partial charge >= 0.3 is 0 Å². The number of nitrogens with two attached hydrogens (primary N) is 1. The first-order valence-electron chi connectivity index (χ1n) is 5.67. The number of carbonyl (C=O) groups excluding carboxylic acids is 1. The van der Waals surface area contributed by atoms with Crippen molar-refractivity contribution in [1.29, 1.82) is 0 Å². The summed E-state index contributed by atoms with van der Waals surface area (Å²) in [5, 5.41) is 7.22. The van der Waals surface area contributed by atoms with Crippen LogP contribution in [-0.4, -0.2) is 28.8 Å². The zero-order valence-electron chi connectivity index (χ0n) is 10.4. The SMILES string of the molecule is COc1c(C2NC(=O)CCC2N)c(C)nn1C. The molecule has 1 aromatic rings. The van der Waals surface area contributed by atoms with Crippen molar-refractivity contribution in [1.82, 2.24) is 15.1 Å². The molecule has 1 aromatic heterocycles. The van der Waals surface area contributed by atoms with Gasteiger partial charge in [-0.3, -0.25) is 4.79 Å². The molecule has 2 rings (SSSR count). The third-order valence-corrected chi connectivity index (χ3v) is 3.17. The number of hydrogen-bond acceptors (Lipinski definition) is 4. The summed E-state index contributed by atoms with van der Waals surface area (Å²) in [7, 11) is 3.40. The summed E-state index contributed by atoms with van der Waals surface area (Å²) in [5.41, 5.74) is 7.79. The number of nitrogens with one attached hydrogen (secondary N) is 1. The number of piperidine rings is 1. The third kappa shape index (κ3) is 2.00. The van der Waals surface area contributed by atoms with Gasteiger partial charge in [-0.15, -0.1) is 0 Å². The van der Waals surface area contributed by atoms with Crippen molar-refractivity contribution >= 4 is 5.91 Å². The molecule has 0 saturated carbocycles. The molecule has 3 N–H and O–H groups in total. The topological polar surface area (TPSA) is 82.2 Å². The molecule has 0 radical (unpaired) electrons. The molecule has 2 unspecified atom stereocenters. The van der Waals surface area contributed by atoms with Crippen LogP contribution in [0, 0.1) is 6.92 Å². The van der Waals surface area contributed by atoms with E-state index >= 15 is 0 Å². The minimum Gasteiger partial charge on any atom is -0.481 e.